The highest BCUT2D eigenvalue weighted by atomic mass is 16.1. The third-order valence-corrected chi connectivity index (χ3v) is 3.92. The molecule has 0 radical (unpaired) electrons. The summed E-state index contributed by atoms with van der Waals surface area (Å²) in [5.74, 6) is -0.481. The van der Waals surface area contributed by atoms with Crippen molar-refractivity contribution in [2.75, 3.05) is 19.6 Å². The Balaban J connectivity index is 0. The Morgan fingerprint density at radius 1 is 0.864 bits per heavy atom. The van der Waals surface area contributed by atoms with Crippen LogP contribution in [0.15, 0.2) is 12.7 Å². The quantitative estimate of drug-likeness (QED) is 0.366. The van der Waals surface area contributed by atoms with Gasteiger partial charge in [-0.2, -0.15) is 0 Å². The summed E-state index contributed by atoms with van der Waals surface area (Å²) < 4.78 is 0. The van der Waals surface area contributed by atoms with E-state index in [-0.39, 0.29) is 0 Å². The Morgan fingerprint density at radius 2 is 1.23 bits per heavy atom. The van der Waals surface area contributed by atoms with Crippen LogP contribution in [0, 0.1) is 0 Å². The third-order valence-electron chi connectivity index (χ3n) is 3.92. The maximum absolute atomic E-state index is 9.47. The molecule has 0 spiro atoms. The molecular weight excluding hydrogens is 272 g/mol. The third kappa shape index (κ3) is 21.5. The molecule has 3 heteroatoms. The zero-order chi connectivity index (χ0) is 17.1. The Morgan fingerprint density at radius 3 is 1.55 bits per heavy atom. The Kier molecular flexibility index (Phi) is 21.5. The van der Waals surface area contributed by atoms with Gasteiger partial charge in [0, 0.05) is 0 Å². The largest absolute Gasteiger partial charge is 0.366 e. The van der Waals surface area contributed by atoms with Crippen LogP contribution in [0.1, 0.15) is 85.0 Å². The number of hydrogen-bond donors (Lipinski definition) is 1. The lowest BCUT2D eigenvalue weighted by Gasteiger charge is -2.17. The van der Waals surface area contributed by atoms with E-state index in [0.717, 1.165) is 6.08 Å². The first-order chi connectivity index (χ1) is 10.6. The fourth-order valence-corrected chi connectivity index (χ4v) is 2.36. The highest BCUT2D eigenvalue weighted by Gasteiger charge is 1.98. The number of hydrogen-bond acceptors (Lipinski definition) is 2. The lowest BCUT2D eigenvalue weighted by atomic mass is 10.1. The average molecular weight is 313 g/mol. The van der Waals surface area contributed by atoms with Gasteiger partial charge >= 0.3 is 0 Å². The van der Waals surface area contributed by atoms with E-state index in [4.69, 9.17) is 0 Å². The molecule has 0 rings (SSSR count). The Bertz CT molecular complexity index is 238. The summed E-state index contributed by atoms with van der Waals surface area (Å²) >= 11 is 0. The van der Waals surface area contributed by atoms with Gasteiger partial charge in [0.1, 0.15) is 0 Å². The van der Waals surface area contributed by atoms with Crippen LogP contribution < -0.4 is 5.73 Å². The van der Waals surface area contributed by atoms with Crippen LogP contribution in [-0.4, -0.2) is 30.4 Å². The van der Waals surface area contributed by atoms with Gasteiger partial charge in [-0.3, -0.25) is 4.79 Å². The normalized spacial score (nSPS) is 10.2. The topological polar surface area (TPSA) is 46.3 Å². The molecule has 0 aliphatic rings. The van der Waals surface area contributed by atoms with E-state index in [1.807, 2.05) is 0 Å². The fourth-order valence-electron chi connectivity index (χ4n) is 2.36. The number of rotatable bonds is 14. The molecule has 1 amide bonds. The first-order valence-electron chi connectivity index (χ1n) is 9.26. The number of nitrogens with two attached hydrogens (primary N) is 1. The standard InChI is InChI=1S/C16H35N.C3H5NO/c1-4-7-8-9-10-11-12-13-14-15-16-17(5-2)6-3;1-2-3(4)5/h4-16H2,1-3H3;2H,1H2,(H2,4,5). The second-order valence-corrected chi connectivity index (χ2v) is 5.82. The van der Waals surface area contributed by atoms with Crippen LogP contribution in [-0.2, 0) is 4.79 Å². The molecule has 0 aliphatic carbocycles. The molecule has 0 aromatic rings. The van der Waals surface area contributed by atoms with Crippen molar-refractivity contribution < 1.29 is 4.79 Å². The van der Waals surface area contributed by atoms with Gasteiger partial charge in [0.2, 0.25) is 5.91 Å². The van der Waals surface area contributed by atoms with Gasteiger partial charge in [0.05, 0.1) is 0 Å². The van der Waals surface area contributed by atoms with E-state index < -0.39 is 5.91 Å². The summed E-state index contributed by atoms with van der Waals surface area (Å²) in [4.78, 5) is 12.0. The smallest absolute Gasteiger partial charge is 0.240 e. The summed E-state index contributed by atoms with van der Waals surface area (Å²) in [5, 5.41) is 0. The fraction of sp³-hybridized carbons (Fsp3) is 0.842. The molecule has 0 saturated carbocycles. The number of carbonyl (C=O) groups is 1. The van der Waals surface area contributed by atoms with Crippen molar-refractivity contribution in [2.45, 2.75) is 85.0 Å². The highest BCUT2D eigenvalue weighted by molar-refractivity contribution is 5.84. The SMILES string of the molecule is C=CC(N)=O.CCCCCCCCCCCCN(CC)CC. The monoisotopic (exact) mass is 312 g/mol. The van der Waals surface area contributed by atoms with Crippen LogP contribution in [0.2, 0.25) is 0 Å². The van der Waals surface area contributed by atoms with Crippen molar-refractivity contribution in [3.8, 4) is 0 Å². The van der Waals surface area contributed by atoms with E-state index >= 15 is 0 Å². The Hall–Kier alpha value is -0.830. The van der Waals surface area contributed by atoms with Gasteiger partial charge in [-0.25, -0.2) is 0 Å². The summed E-state index contributed by atoms with van der Waals surface area (Å²) in [7, 11) is 0. The van der Waals surface area contributed by atoms with Gasteiger partial charge in [-0.1, -0.05) is 85.1 Å². The molecular formula is C19H40N2O. The zero-order valence-electron chi connectivity index (χ0n) is 15.4. The minimum atomic E-state index is -0.481. The van der Waals surface area contributed by atoms with E-state index in [9.17, 15) is 4.79 Å². The van der Waals surface area contributed by atoms with Crippen LogP contribution in [0.4, 0.5) is 0 Å². The summed E-state index contributed by atoms with van der Waals surface area (Å²) in [6.07, 6.45) is 15.5. The van der Waals surface area contributed by atoms with Crippen molar-refractivity contribution in [1.82, 2.24) is 4.90 Å². The van der Waals surface area contributed by atoms with E-state index in [0.29, 0.717) is 0 Å². The molecule has 0 fully saturated rings. The molecule has 0 aromatic heterocycles. The number of nitrogens with zero attached hydrogens (tertiary/aromatic N) is 1. The van der Waals surface area contributed by atoms with E-state index in [1.165, 1.54) is 83.8 Å². The van der Waals surface area contributed by atoms with Crippen LogP contribution >= 0.6 is 0 Å². The van der Waals surface area contributed by atoms with Crippen LogP contribution in [0.25, 0.3) is 0 Å². The highest BCUT2D eigenvalue weighted by Crippen LogP contribution is 2.10. The molecule has 0 aromatic carbocycles. The van der Waals surface area contributed by atoms with E-state index in [1.54, 1.807) is 0 Å². The van der Waals surface area contributed by atoms with Gasteiger partial charge in [0.15, 0.2) is 0 Å². The minimum absolute atomic E-state index is 0.481. The van der Waals surface area contributed by atoms with Gasteiger partial charge < -0.3 is 10.6 Å². The van der Waals surface area contributed by atoms with Crippen molar-refractivity contribution >= 4 is 5.91 Å². The first kappa shape index (κ1) is 23.4. The number of amides is 1. The number of carbonyl (C=O) groups excluding carboxylic acids is 1. The molecule has 2 N–H and O–H groups in total. The van der Waals surface area contributed by atoms with Crippen molar-refractivity contribution in [3.63, 3.8) is 0 Å². The molecule has 22 heavy (non-hydrogen) atoms. The number of unbranched alkanes of at least 4 members (excludes halogenated alkanes) is 9. The lowest BCUT2D eigenvalue weighted by molar-refractivity contribution is -0.113. The molecule has 132 valence electrons. The molecule has 0 saturated heterocycles. The predicted molar refractivity (Wildman–Crippen MR) is 99.0 cm³/mol. The van der Waals surface area contributed by atoms with Crippen molar-refractivity contribution in [3.05, 3.63) is 12.7 Å². The molecule has 3 nitrogen and oxygen atoms in total. The first-order valence-corrected chi connectivity index (χ1v) is 9.26. The second kappa shape index (κ2) is 20.2. The van der Waals surface area contributed by atoms with Gasteiger partial charge in [0.25, 0.3) is 0 Å². The maximum atomic E-state index is 9.47. The van der Waals surface area contributed by atoms with Crippen LogP contribution in [0.5, 0.6) is 0 Å². The lowest BCUT2D eigenvalue weighted by Crippen LogP contribution is -2.23. The summed E-state index contributed by atoms with van der Waals surface area (Å²) in [6.45, 7) is 13.6. The molecule has 0 aliphatic heterocycles. The van der Waals surface area contributed by atoms with Gasteiger partial charge in [-0.05, 0) is 32.1 Å². The maximum Gasteiger partial charge on any atom is 0.240 e. The van der Waals surface area contributed by atoms with Gasteiger partial charge in [-0.15, -0.1) is 0 Å². The molecule has 0 bridgehead atoms. The minimum Gasteiger partial charge on any atom is -0.366 e. The van der Waals surface area contributed by atoms with Crippen molar-refractivity contribution in [1.29, 1.82) is 0 Å². The predicted octanol–water partition coefficient (Wildman–Crippen LogP) is 4.91. The molecule has 0 unspecified atom stereocenters. The van der Waals surface area contributed by atoms with Crippen LogP contribution in [0.3, 0.4) is 0 Å². The molecule has 0 heterocycles. The summed E-state index contributed by atoms with van der Waals surface area (Å²) in [5.41, 5.74) is 4.53. The molecule has 0 atom stereocenters. The van der Waals surface area contributed by atoms with E-state index in [2.05, 4.69) is 38.0 Å². The number of primary amides is 1. The second-order valence-electron chi connectivity index (χ2n) is 5.82. The Labute approximate surface area is 139 Å². The average Bonchev–Trinajstić information content (AvgIpc) is 2.53. The zero-order valence-corrected chi connectivity index (χ0v) is 15.4. The van der Waals surface area contributed by atoms with Crippen molar-refractivity contribution in [2.24, 2.45) is 5.73 Å². The summed E-state index contributed by atoms with van der Waals surface area (Å²) in [6, 6.07) is 0.